The second-order valence-electron chi connectivity index (χ2n) is 7.15. The Bertz CT molecular complexity index is 1090. The van der Waals surface area contributed by atoms with Gasteiger partial charge in [-0.1, -0.05) is 23.5 Å². The molecule has 1 aliphatic rings. The number of benzene rings is 1. The SMILES string of the molecule is Cn1c(C(F)(F)F)nn(C2CCN(CC(=O)Nc3nc4ccccc4s3)CC2)c1=O. The molecule has 0 bridgehead atoms. The number of nitrogens with one attached hydrogen (secondary N) is 1. The number of carbonyl (C=O) groups is 1. The molecule has 1 amide bonds. The normalized spacial score (nSPS) is 16.3. The highest BCUT2D eigenvalue weighted by atomic mass is 32.1. The minimum atomic E-state index is -4.68. The number of likely N-dealkylation sites (tertiary alicyclic amines) is 1. The highest BCUT2D eigenvalue weighted by Gasteiger charge is 2.39. The number of piperidine rings is 1. The van der Waals surface area contributed by atoms with Crippen molar-refractivity contribution in [2.45, 2.75) is 25.1 Å². The Morgan fingerprint density at radius 3 is 2.60 bits per heavy atom. The van der Waals surface area contributed by atoms with Crippen molar-refractivity contribution in [3.8, 4) is 0 Å². The lowest BCUT2D eigenvalue weighted by Crippen LogP contribution is -2.41. The molecule has 30 heavy (non-hydrogen) atoms. The van der Waals surface area contributed by atoms with Crippen LogP contribution in [0.2, 0.25) is 0 Å². The molecule has 0 saturated carbocycles. The van der Waals surface area contributed by atoms with Crippen molar-refractivity contribution in [1.29, 1.82) is 0 Å². The Labute approximate surface area is 172 Å². The summed E-state index contributed by atoms with van der Waals surface area (Å²) in [7, 11) is 1.07. The van der Waals surface area contributed by atoms with E-state index < -0.39 is 23.7 Å². The Morgan fingerprint density at radius 1 is 1.27 bits per heavy atom. The highest BCUT2D eigenvalue weighted by molar-refractivity contribution is 7.22. The maximum atomic E-state index is 13.0. The van der Waals surface area contributed by atoms with Gasteiger partial charge in [-0.25, -0.2) is 14.5 Å². The second-order valence-corrected chi connectivity index (χ2v) is 8.18. The molecule has 2 aromatic heterocycles. The molecule has 3 heterocycles. The van der Waals surface area contributed by atoms with Gasteiger partial charge in [0.25, 0.3) is 0 Å². The molecular formula is C18H19F3N6O2S. The monoisotopic (exact) mass is 440 g/mol. The van der Waals surface area contributed by atoms with Crippen LogP contribution in [0.1, 0.15) is 24.7 Å². The fourth-order valence-electron chi connectivity index (χ4n) is 3.55. The maximum absolute atomic E-state index is 13.0. The number of para-hydroxylation sites is 1. The number of alkyl halides is 3. The van der Waals surface area contributed by atoms with Gasteiger partial charge < -0.3 is 5.32 Å². The van der Waals surface area contributed by atoms with Crippen LogP contribution in [0.3, 0.4) is 0 Å². The molecule has 12 heteroatoms. The Kier molecular flexibility index (Phi) is 5.36. The van der Waals surface area contributed by atoms with E-state index in [0.29, 0.717) is 35.6 Å². The third-order valence-electron chi connectivity index (χ3n) is 5.07. The Hall–Kier alpha value is -2.73. The van der Waals surface area contributed by atoms with Crippen LogP contribution in [0, 0.1) is 0 Å². The van der Waals surface area contributed by atoms with Crippen LogP contribution in [-0.4, -0.2) is 49.8 Å². The first kappa shape index (κ1) is 20.5. The number of thiazole rings is 1. The van der Waals surface area contributed by atoms with Gasteiger partial charge in [-0.2, -0.15) is 13.2 Å². The number of anilines is 1. The van der Waals surface area contributed by atoms with Gasteiger partial charge in [0.15, 0.2) is 5.13 Å². The van der Waals surface area contributed by atoms with Crippen LogP contribution in [0.5, 0.6) is 0 Å². The minimum Gasteiger partial charge on any atom is -0.301 e. The van der Waals surface area contributed by atoms with Crippen LogP contribution in [0.4, 0.5) is 18.3 Å². The summed E-state index contributed by atoms with van der Waals surface area (Å²) < 4.78 is 41.3. The summed E-state index contributed by atoms with van der Waals surface area (Å²) in [5.74, 6) is -1.41. The predicted octanol–water partition coefficient (Wildman–Crippen LogP) is 2.49. The summed E-state index contributed by atoms with van der Waals surface area (Å²) >= 11 is 1.39. The quantitative estimate of drug-likeness (QED) is 0.674. The van der Waals surface area contributed by atoms with Gasteiger partial charge in [0.1, 0.15) is 0 Å². The maximum Gasteiger partial charge on any atom is 0.451 e. The van der Waals surface area contributed by atoms with E-state index in [1.165, 1.54) is 11.3 Å². The number of fused-ring (bicyclic) bond motifs is 1. The van der Waals surface area contributed by atoms with Crippen molar-refractivity contribution in [2.24, 2.45) is 7.05 Å². The topological polar surface area (TPSA) is 85.1 Å². The average Bonchev–Trinajstić information content (AvgIpc) is 3.23. The van der Waals surface area contributed by atoms with E-state index in [9.17, 15) is 22.8 Å². The third-order valence-corrected chi connectivity index (χ3v) is 6.02. The van der Waals surface area contributed by atoms with E-state index in [2.05, 4.69) is 15.4 Å². The van der Waals surface area contributed by atoms with Crippen LogP contribution >= 0.6 is 11.3 Å². The average molecular weight is 440 g/mol. The predicted molar refractivity (Wildman–Crippen MR) is 105 cm³/mol. The first-order valence-electron chi connectivity index (χ1n) is 9.33. The fraction of sp³-hybridized carbons (Fsp3) is 0.444. The molecule has 1 fully saturated rings. The summed E-state index contributed by atoms with van der Waals surface area (Å²) in [6, 6.07) is 7.15. The standard InChI is InChI=1S/C18H19F3N6O2S/c1-25-15(18(19,20)21)24-27(17(25)29)11-6-8-26(9-7-11)10-14(28)23-16-22-12-4-2-3-5-13(12)30-16/h2-5,11H,6-10H2,1H3,(H,22,23,28). The van der Waals surface area contributed by atoms with Gasteiger partial charge in [-0.05, 0) is 25.0 Å². The first-order chi connectivity index (χ1) is 14.2. The van der Waals surface area contributed by atoms with Crippen molar-refractivity contribution >= 4 is 32.6 Å². The van der Waals surface area contributed by atoms with Crippen LogP contribution < -0.4 is 11.0 Å². The molecule has 4 rings (SSSR count). The number of carbonyl (C=O) groups excluding carboxylic acids is 1. The Balaban J connectivity index is 1.34. The van der Waals surface area contributed by atoms with E-state index >= 15 is 0 Å². The van der Waals surface area contributed by atoms with Gasteiger partial charge in [-0.15, -0.1) is 5.10 Å². The largest absolute Gasteiger partial charge is 0.451 e. The molecule has 1 N–H and O–H groups in total. The van der Waals surface area contributed by atoms with Crippen LogP contribution in [0.25, 0.3) is 10.2 Å². The van der Waals surface area contributed by atoms with E-state index in [4.69, 9.17) is 0 Å². The zero-order valence-electron chi connectivity index (χ0n) is 16.0. The van der Waals surface area contributed by atoms with Crippen LogP contribution in [0.15, 0.2) is 29.1 Å². The molecule has 0 radical (unpaired) electrons. The number of rotatable bonds is 4. The number of hydrogen-bond donors (Lipinski definition) is 1. The third kappa shape index (κ3) is 4.10. The highest BCUT2D eigenvalue weighted by Crippen LogP contribution is 2.28. The number of hydrogen-bond acceptors (Lipinski definition) is 6. The first-order valence-corrected chi connectivity index (χ1v) is 10.1. The smallest absolute Gasteiger partial charge is 0.301 e. The molecule has 0 aliphatic carbocycles. The molecule has 160 valence electrons. The minimum absolute atomic E-state index is 0.146. The molecule has 1 aliphatic heterocycles. The molecule has 8 nitrogen and oxygen atoms in total. The lowest BCUT2D eigenvalue weighted by molar-refractivity contribution is -0.147. The summed E-state index contributed by atoms with van der Waals surface area (Å²) in [6.07, 6.45) is -3.82. The van der Waals surface area contributed by atoms with Gasteiger partial charge in [0.2, 0.25) is 11.7 Å². The molecule has 1 saturated heterocycles. The zero-order valence-corrected chi connectivity index (χ0v) is 16.8. The fourth-order valence-corrected chi connectivity index (χ4v) is 4.43. The number of amides is 1. The van der Waals surface area contributed by atoms with Crippen molar-refractivity contribution in [1.82, 2.24) is 24.2 Å². The second kappa shape index (κ2) is 7.84. The van der Waals surface area contributed by atoms with Gasteiger partial charge in [-0.3, -0.25) is 14.3 Å². The van der Waals surface area contributed by atoms with Crippen molar-refractivity contribution in [3.63, 3.8) is 0 Å². The van der Waals surface area contributed by atoms with Crippen LogP contribution in [-0.2, 0) is 18.0 Å². The van der Waals surface area contributed by atoms with Gasteiger partial charge in [0.05, 0.1) is 22.8 Å². The molecule has 0 atom stereocenters. The van der Waals surface area contributed by atoms with Gasteiger partial charge in [0, 0.05) is 20.1 Å². The van der Waals surface area contributed by atoms with E-state index in [-0.39, 0.29) is 12.5 Å². The van der Waals surface area contributed by atoms with E-state index in [0.717, 1.165) is 21.9 Å². The molecule has 3 aromatic rings. The zero-order chi connectivity index (χ0) is 21.5. The van der Waals surface area contributed by atoms with Crippen molar-refractivity contribution in [2.75, 3.05) is 25.0 Å². The number of halogens is 3. The number of aromatic nitrogens is 4. The summed E-state index contributed by atoms with van der Waals surface area (Å²) in [4.78, 5) is 30.8. The number of nitrogens with zero attached hydrogens (tertiary/aromatic N) is 5. The van der Waals surface area contributed by atoms with Gasteiger partial charge >= 0.3 is 11.9 Å². The summed E-state index contributed by atoms with van der Waals surface area (Å²) in [5.41, 5.74) is 0.0343. The molecular weight excluding hydrogens is 421 g/mol. The van der Waals surface area contributed by atoms with E-state index in [1.807, 2.05) is 29.2 Å². The Morgan fingerprint density at radius 2 is 1.97 bits per heavy atom. The molecule has 0 unspecified atom stereocenters. The molecule has 0 spiro atoms. The summed E-state index contributed by atoms with van der Waals surface area (Å²) in [6.45, 7) is 1.10. The van der Waals surface area contributed by atoms with E-state index in [1.54, 1.807) is 0 Å². The lowest BCUT2D eigenvalue weighted by Gasteiger charge is -2.30. The summed E-state index contributed by atoms with van der Waals surface area (Å²) in [5, 5.41) is 6.82. The molecule has 1 aromatic carbocycles. The van der Waals surface area contributed by atoms with Crippen molar-refractivity contribution in [3.05, 3.63) is 40.6 Å². The van der Waals surface area contributed by atoms with Crippen molar-refractivity contribution < 1.29 is 18.0 Å². The lowest BCUT2D eigenvalue weighted by atomic mass is 10.1.